The highest BCUT2D eigenvalue weighted by molar-refractivity contribution is 9.10. The van der Waals surface area contributed by atoms with Crippen LogP contribution in [-0.4, -0.2) is 16.5 Å². The zero-order valence-electron chi connectivity index (χ0n) is 13.0. The van der Waals surface area contributed by atoms with Gasteiger partial charge in [0.1, 0.15) is 12.0 Å². The third-order valence-electron chi connectivity index (χ3n) is 3.52. The van der Waals surface area contributed by atoms with Gasteiger partial charge in [-0.25, -0.2) is 9.97 Å². The van der Waals surface area contributed by atoms with E-state index >= 15 is 0 Å². The van der Waals surface area contributed by atoms with Crippen molar-refractivity contribution in [2.45, 2.75) is 6.42 Å². The van der Waals surface area contributed by atoms with Crippen LogP contribution < -0.4 is 16.4 Å². The Labute approximate surface area is 149 Å². The smallest absolute Gasteiger partial charge is 0.159 e. The fourth-order valence-electron chi connectivity index (χ4n) is 2.31. The molecule has 5 nitrogen and oxygen atoms in total. The molecule has 0 radical (unpaired) electrons. The first-order valence-electron chi connectivity index (χ1n) is 7.63. The summed E-state index contributed by atoms with van der Waals surface area (Å²) in [6.45, 7) is 0.752. The number of rotatable bonds is 6. The molecule has 0 atom stereocenters. The lowest BCUT2D eigenvalue weighted by molar-refractivity contribution is 1.00. The SMILES string of the molecule is Nc1c(NCCc2ccccc2)ncnc1Nc1cccc(Br)c1. The van der Waals surface area contributed by atoms with Crippen molar-refractivity contribution in [3.8, 4) is 0 Å². The van der Waals surface area contributed by atoms with E-state index in [2.05, 4.69) is 48.7 Å². The van der Waals surface area contributed by atoms with Crippen molar-refractivity contribution >= 4 is 38.9 Å². The Hall–Kier alpha value is -2.60. The largest absolute Gasteiger partial charge is 0.393 e. The van der Waals surface area contributed by atoms with Crippen LogP contribution in [0.4, 0.5) is 23.0 Å². The molecule has 0 aliphatic heterocycles. The summed E-state index contributed by atoms with van der Waals surface area (Å²) in [4.78, 5) is 8.46. The van der Waals surface area contributed by atoms with Gasteiger partial charge in [0.05, 0.1) is 0 Å². The molecule has 0 fully saturated rings. The lowest BCUT2D eigenvalue weighted by atomic mass is 10.1. The first kappa shape index (κ1) is 16.3. The average molecular weight is 384 g/mol. The van der Waals surface area contributed by atoms with Crippen LogP contribution in [-0.2, 0) is 6.42 Å². The molecule has 0 unspecified atom stereocenters. The van der Waals surface area contributed by atoms with Crippen molar-refractivity contribution in [1.29, 1.82) is 0 Å². The maximum absolute atomic E-state index is 6.19. The number of nitrogens with two attached hydrogens (primary N) is 1. The minimum atomic E-state index is 0.505. The Bertz CT molecular complexity index is 808. The Morgan fingerprint density at radius 1 is 0.958 bits per heavy atom. The highest BCUT2D eigenvalue weighted by atomic mass is 79.9. The normalized spacial score (nSPS) is 10.4. The van der Waals surface area contributed by atoms with Crippen LogP contribution in [0.15, 0.2) is 65.4 Å². The van der Waals surface area contributed by atoms with E-state index in [0.717, 1.165) is 23.1 Å². The number of nitrogen functional groups attached to an aromatic ring is 1. The van der Waals surface area contributed by atoms with Gasteiger partial charge in [0.15, 0.2) is 11.6 Å². The quantitative estimate of drug-likeness (QED) is 0.593. The molecular formula is C18H18BrN5. The third kappa shape index (κ3) is 4.23. The number of nitrogens with zero attached hydrogens (tertiary/aromatic N) is 2. The molecule has 0 aliphatic rings. The number of aromatic nitrogens is 2. The summed E-state index contributed by atoms with van der Waals surface area (Å²) in [7, 11) is 0. The molecule has 1 heterocycles. The number of nitrogens with one attached hydrogen (secondary N) is 2. The van der Waals surface area contributed by atoms with Crippen molar-refractivity contribution in [3.63, 3.8) is 0 Å². The molecule has 2 aromatic carbocycles. The Morgan fingerprint density at radius 3 is 2.54 bits per heavy atom. The highest BCUT2D eigenvalue weighted by Gasteiger charge is 2.08. The van der Waals surface area contributed by atoms with E-state index < -0.39 is 0 Å². The zero-order valence-corrected chi connectivity index (χ0v) is 14.6. The molecule has 6 heteroatoms. The molecule has 3 aromatic rings. The Morgan fingerprint density at radius 2 is 1.75 bits per heavy atom. The summed E-state index contributed by atoms with van der Waals surface area (Å²) >= 11 is 3.45. The van der Waals surface area contributed by atoms with Gasteiger partial charge in [0.2, 0.25) is 0 Å². The van der Waals surface area contributed by atoms with Gasteiger partial charge < -0.3 is 16.4 Å². The molecule has 0 amide bonds. The first-order valence-corrected chi connectivity index (χ1v) is 8.42. The molecule has 24 heavy (non-hydrogen) atoms. The van der Waals surface area contributed by atoms with Gasteiger partial charge in [-0.05, 0) is 30.2 Å². The van der Waals surface area contributed by atoms with Gasteiger partial charge in [-0.15, -0.1) is 0 Å². The van der Waals surface area contributed by atoms with Crippen LogP contribution >= 0.6 is 15.9 Å². The van der Waals surface area contributed by atoms with Crippen molar-refractivity contribution < 1.29 is 0 Å². The van der Waals surface area contributed by atoms with Gasteiger partial charge in [-0.3, -0.25) is 0 Å². The van der Waals surface area contributed by atoms with Crippen LogP contribution in [0.5, 0.6) is 0 Å². The van der Waals surface area contributed by atoms with E-state index in [0.29, 0.717) is 17.3 Å². The maximum Gasteiger partial charge on any atom is 0.159 e. The minimum absolute atomic E-state index is 0.505. The van der Waals surface area contributed by atoms with Crippen LogP contribution in [0.3, 0.4) is 0 Å². The topological polar surface area (TPSA) is 75.9 Å². The predicted molar refractivity (Wildman–Crippen MR) is 103 cm³/mol. The van der Waals surface area contributed by atoms with Gasteiger partial charge in [0, 0.05) is 16.7 Å². The van der Waals surface area contributed by atoms with Crippen LogP contribution in [0.25, 0.3) is 0 Å². The predicted octanol–water partition coefficient (Wildman–Crippen LogP) is 4.22. The summed E-state index contributed by atoms with van der Waals surface area (Å²) in [5, 5.41) is 6.49. The van der Waals surface area contributed by atoms with Crippen molar-refractivity contribution in [2.24, 2.45) is 0 Å². The summed E-state index contributed by atoms with van der Waals surface area (Å²) in [6, 6.07) is 18.1. The van der Waals surface area contributed by atoms with Crippen LogP contribution in [0.1, 0.15) is 5.56 Å². The first-order chi connectivity index (χ1) is 11.7. The highest BCUT2D eigenvalue weighted by Crippen LogP contribution is 2.26. The number of hydrogen-bond donors (Lipinski definition) is 3. The molecule has 122 valence electrons. The molecule has 4 N–H and O–H groups in total. The summed E-state index contributed by atoms with van der Waals surface area (Å²) < 4.78 is 0.987. The van der Waals surface area contributed by atoms with Crippen molar-refractivity contribution in [3.05, 3.63) is 71.0 Å². The third-order valence-corrected chi connectivity index (χ3v) is 4.01. The standard InChI is InChI=1S/C18H18BrN5/c19-14-7-4-8-15(11-14)24-18-16(20)17(22-12-23-18)21-10-9-13-5-2-1-3-6-13/h1-8,11-12H,9-10,20H2,(H2,21,22,23,24). The average Bonchev–Trinajstić information content (AvgIpc) is 2.59. The molecule has 0 saturated carbocycles. The maximum atomic E-state index is 6.19. The minimum Gasteiger partial charge on any atom is -0.393 e. The number of anilines is 4. The van der Waals surface area contributed by atoms with Gasteiger partial charge in [-0.1, -0.05) is 52.3 Å². The van der Waals surface area contributed by atoms with E-state index in [1.54, 1.807) is 0 Å². The fourth-order valence-corrected chi connectivity index (χ4v) is 2.71. The summed E-state index contributed by atoms with van der Waals surface area (Å²) in [5.41, 5.74) is 8.87. The second kappa shape index (κ2) is 7.79. The lowest BCUT2D eigenvalue weighted by Crippen LogP contribution is -2.10. The molecule has 0 aliphatic carbocycles. The number of halogens is 1. The second-order valence-corrected chi connectivity index (χ2v) is 6.20. The van der Waals surface area contributed by atoms with E-state index in [9.17, 15) is 0 Å². The molecule has 0 bridgehead atoms. The number of benzene rings is 2. The molecule has 0 spiro atoms. The lowest BCUT2D eigenvalue weighted by Gasteiger charge is -2.12. The zero-order chi connectivity index (χ0) is 16.8. The van der Waals surface area contributed by atoms with E-state index in [-0.39, 0.29) is 0 Å². The summed E-state index contributed by atoms with van der Waals surface area (Å²) in [5.74, 6) is 1.23. The Balaban J connectivity index is 1.66. The Kier molecular flexibility index (Phi) is 5.28. The fraction of sp³-hybridized carbons (Fsp3) is 0.111. The molecular weight excluding hydrogens is 366 g/mol. The second-order valence-electron chi connectivity index (χ2n) is 5.28. The van der Waals surface area contributed by atoms with E-state index in [1.165, 1.54) is 11.9 Å². The van der Waals surface area contributed by atoms with Gasteiger partial charge in [0.25, 0.3) is 0 Å². The van der Waals surface area contributed by atoms with Crippen molar-refractivity contribution in [2.75, 3.05) is 22.9 Å². The molecule has 1 aromatic heterocycles. The van der Waals surface area contributed by atoms with Crippen LogP contribution in [0, 0.1) is 0 Å². The summed E-state index contributed by atoms with van der Waals surface area (Å²) in [6.07, 6.45) is 2.40. The van der Waals surface area contributed by atoms with E-state index in [1.807, 2.05) is 42.5 Å². The molecule has 3 rings (SSSR count). The van der Waals surface area contributed by atoms with Gasteiger partial charge >= 0.3 is 0 Å². The van der Waals surface area contributed by atoms with Crippen molar-refractivity contribution in [1.82, 2.24) is 9.97 Å². The monoisotopic (exact) mass is 383 g/mol. The number of hydrogen-bond acceptors (Lipinski definition) is 5. The van der Waals surface area contributed by atoms with Gasteiger partial charge in [-0.2, -0.15) is 0 Å². The van der Waals surface area contributed by atoms with E-state index in [4.69, 9.17) is 5.73 Å². The van der Waals surface area contributed by atoms with Crippen LogP contribution in [0.2, 0.25) is 0 Å². The molecule has 0 saturated heterocycles.